The second kappa shape index (κ2) is 16.0. The molecule has 14 heteroatoms. The average Bonchev–Trinajstić information content (AvgIpc) is 3.40. The van der Waals surface area contributed by atoms with Gasteiger partial charge in [0.1, 0.15) is 10.8 Å². The zero-order chi connectivity index (χ0) is 29.7. The minimum atomic E-state index is -4.80. The van der Waals surface area contributed by atoms with E-state index in [0.717, 1.165) is 55.7 Å². The molecule has 0 aliphatic carbocycles. The van der Waals surface area contributed by atoms with E-state index in [1.165, 1.54) is 29.5 Å². The predicted octanol–water partition coefficient (Wildman–Crippen LogP) is 4.44. The number of nitrogens with zero attached hydrogens (tertiary/aromatic N) is 5. The van der Waals surface area contributed by atoms with Gasteiger partial charge in [-0.3, -0.25) is 9.59 Å². The van der Waals surface area contributed by atoms with E-state index >= 15 is 0 Å². The van der Waals surface area contributed by atoms with Gasteiger partial charge in [-0.15, -0.1) is 28.5 Å². The van der Waals surface area contributed by atoms with Crippen LogP contribution < -0.4 is 15.4 Å². The number of ether oxygens (including phenoxy) is 1. The van der Waals surface area contributed by atoms with E-state index in [4.69, 9.17) is 0 Å². The van der Waals surface area contributed by atoms with Gasteiger partial charge in [0.2, 0.25) is 10.9 Å². The van der Waals surface area contributed by atoms with E-state index in [2.05, 4.69) is 54.5 Å². The summed E-state index contributed by atoms with van der Waals surface area (Å²) in [5.41, 5.74) is 1.12. The van der Waals surface area contributed by atoms with Crippen molar-refractivity contribution in [2.45, 2.75) is 58.7 Å². The molecule has 222 valence electrons. The maximum atomic E-state index is 12.4. The van der Waals surface area contributed by atoms with Crippen molar-refractivity contribution in [1.82, 2.24) is 30.6 Å². The number of aryl methyl sites for hydroxylation is 2. The Kier molecular flexibility index (Phi) is 12.4. The highest BCUT2D eigenvalue weighted by Crippen LogP contribution is 2.23. The summed E-state index contributed by atoms with van der Waals surface area (Å²) < 4.78 is 41.1. The first-order chi connectivity index (χ1) is 19.6. The minimum Gasteiger partial charge on any atom is -0.406 e. The van der Waals surface area contributed by atoms with Crippen LogP contribution in [0.1, 0.15) is 59.2 Å². The van der Waals surface area contributed by atoms with Gasteiger partial charge in [0.15, 0.2) is 5.82 Å². The average molecular weight is 594 g/mol. The number of carbonyl (C=O) groups excluding carboxylic acids is 2. The molecule has 0 aliphatic heterocycles. The fourth-order valence-corrected chi connectivity index (χ4v) is 4.76. The standard InChI is InChI=1S/C27H34F3N7O3S/c1-3-15-37(4-2)16-14-31-25(39)26-36-35-24(41-26)11-6-5-9-20-12-13-22(34-33-20)32-23(38)18-19-8-7-10-21(17-19)40-27(28,29)30/h7-8,10,12-13,17H,3-6,9,11,14-16,18H2,1-2H3,(H,31,39)(H,32,34,38). The molecule has 0 bridgehead atoms. The zero-order valence-electron chi connectivity index (χ0n) is 23.0. The van der Waals surface area contributed by atoms with Crippen LogP contribution in [-0.4, -0.2) is 69.7 Å². The summed E-state index contributed by atoms with van der Waals surface area (Å²) in [6.45, 7) is 7.56. The second-order valence-corrected chi connectivity index (χ2v) is 10.3. The number of rotatable bonds is 16. The Hall–Kier alpha value is -3.65. The molecule has 0 fully saturated rings. The van der Waals surface area contributed by atoms with Crippen molar-refractivity contribution >= 4 is 29.0 Å². The van der Waals surface area contributed by atoms with E-state index in [1.54, 1.807) is 12.1 Å². The van der Waals surface area contributed by atoms with Crippen LogP contribution in [0.3, 0.4) is 0 Å². The molecule has 2 aromatic heterocycles. The number of alkyl halides is 3. The molecule has 0 aliphatic rings. The van der Waals surface area contributed by atoms with Crippen molar-refractivity contribution in [2.75, 3.05) is 31.5 Å². The zero-order valence-corrected chi connectivity index (χ0v) is 23.9. The predicted molar refractivity (Wildman–Crippen MR) is 149 cm³/mol. The van der Waals surface area contributed by atoms with Crippen LogP contribution in [0.5, 0.6) is 5.75 Å². The number of hydrogen-bond donors (Lipinski definition) is 2. The first-order valence-corrected chi connectivity index (χ1v) is 14.3. The Morgan fingerprint density at radius 1 is 1.00 bits per heavy atom. The fourth-order valence-electron chi connectivity index (χ4n) is 3.96. The van der Waals surface area contributed by atoms with Crippen molar-refractivity contribution in [3.05, 3.63) is 57.7 Å². The van der Waals surface area contributed by atoms with Crippen LogP contribution in [0, 0.1) is 0 Å². The van der Waals surface area contributed by atoms with Crippen LogP contribution >= 0.6 is 11.3 Å². The SMILES string of the molecule is CCCN(CC)CCNC(=O)c1nnc(CCCCc2ccc(NC(=O)Cc3cccc(OC(F)(F)F)c3)nn2)s1. The lowest BCUT2D eigenvalue weighted by Crippen LogP contribution is -2.35. The number of halogens is 3. The van der Waals surface area contributed by atoms with E-state index in [0.29, 0.717) is 30.0 Å². The lowest BCUT2D eigenvalue weighted by molar-refractivity contribution is -0.274. The summed E-state index contributed by atoms with van der Waals surface area (Å²) in [4.78, 5) is 26.9. The highest BCUT2D eigenvalue weighted by molar-refractivity contribution is 7.13. The normalized spacial score (nSPS) is 11.5. The molecule has 2 heterocycles. The second-order valence-electron chi connectivity index (χ2n) is 9.23. The molecule has 3 rings (SSSR count). The van der Waals surface area contributed by atoms with Crippen molar-refractivity contribution in [2.24, 2.45) is 0 Å². The minimum absolute atomic E-state index is 0.149. The number of hydrogen-bond acceptors (Lipinski definition) is 9. The molecule has 0 atom stereocenters. The van der Waals surface area contributed by atoms with Crippen molar-refractivity contribution in [3.63, 3.8) is 0 Å². The molecule has 0 radical (unpaired) electrons. The summed E-state index contributed by atoms with van der Waals surface area (Å²) in [7, 11) is 0. The molecule has 3 aromatic rings. The van der Waals surface area contributed by atoms with Crippen molar-refractivity contribution < 1.29 is 27.5 Å². The monoisotopic (exact) mass is 593 g/mol. The summed E-state index contributed by atoms with van der Waals surface area (Å²) in [5, 5.41) is 23.0. The lowest BCUT2D eigenvalue weighted by Gasteiger charge is -2.19. The molecule has 0 unspecified atom stereocenters. The van der Waals surface area contributed by atoms with Crippen LogP contribution in [0.15, 0.2) is 36.4 Å². The topological polar surface area (TPSA) is 122 Å². The Morgan fingerprint density at radius 3 is 2.51 bits per heavy atom. The van der Waals surface area contributed by atoms with Gasteiger partial charge in [-0.2, -0.15) is 5.10 Å². The summed E-state index contributed by atoms with van der Waals surface area (Å²) in [6.07, 6.45) is -0.858. The van der Waals surface area contributed by atoms with Gasteiger partial charge in [-0.1, -0.05) is 37.3 Å². The van der Waals surface area contributed by atoms with Crippen LogP contribution in [0.4, 0.5) is 19.0 Å². The number of amides is 2. The maximum Gasteiger partial charge on any atom is 0.573 e. The van der Waals surface area contributed by atoms with Crippen molar-refractivity contribution in [3.8, 4) is 5.75 Å². The van der Waals surface area contributed by atoms with Gasteiger partial charge >= 0.3 is 6.36 Å². The third-order valence-corrected chi connectivity index (χ3v) is 6.90. The Balaban J connectivity index is 1.36. The molecule has 2 amide bonds. The van der Waals surface area contributed by atoms with Gasteiger partial charge in [0.05, 0.1) is 12.1 Å². The van der Waals surface area contributed by atoms with Gasteiger partial charge in [0.25, 0.3) is 5.91 Å². The first kappa shape index (κ1) is 31.9. The molecule has 0 saturated carbocycles. The summed E-state index contributed by atoms with van der Waals surface area (Å²) >= 11 is 1.30. The molecular weight excluding hydrogens is 559 g/mol. The van der Waals surface area contributed by atoms with Gasteiger partial charge in [-0.25, -0.2) is 0 Å². The quantitative estimate of drug-likeness (QED) is 0.234. The highest BCUT2D eigenvalue weighted by atomic mass is 32.1. The Labute approximate surface area is 240 Å². The van der Waals surface area contributed by atoms with E-state index in [1.807, 2.05) is 0 Å². The Morgan fingerprint density at radius 2 is 1.80 bits per heavy atom. The molecule has 0 saturated heterocycles. The fraction of sp³-hybridized carbons (Fsp3) is 0.481. The number of nitrogens with one attached hydrogen (secondary N) is 2. The number of likely N-dealkylation sites (N-methyl/N-ethyl adjacent to an activating group) is 1. The maximum absolute atomic E-state index is 12.4. The van der Waals surface area contributed by atoms with Crippen molar-refractivity contribution in [1.29, 1.82) is 0 Å². The first-order valence-electron chi connectivity index (χ1n) is 13.4. The summed E-state index contributed by atoms with van der Waals surface area (Å²) in [6, 6.07) is 8.63. The number of unbranched alkanes of at least 4 members (excludes halogenated alkanes) is 1. The lowest BCUT2D eigenvalue weighted by atomic mass is 10.1. The number of anilines is 1. The molecule has 1 aromatic carbocycles. The number of benzene rings is 1. The van der Waals surface area contributed by atoms with E-state index < -0.39 is 12.3 Å². The Bertz CT molecular complexity index is 1260. The van der Waals surface area contributed by atoms with Crippen LogP contribution in [0.2, 0.25) is 0 Å². The van der Waals surface area contributed by atoms with Gasteiger partial charge in [-0.05, 0) is 68.6 Å². The number of carbonyl (C=O) groups is 2. The molecule has 0 spiro atoms. The van der Waals surface area contributed by atoms with Crippen LogP contribution in [0.25, 0.3) is 0 Å². The van der Waals surface area contributed by atoms with Gasteiger partial charge in [0, 0.05) is 19.5 Å². The summed E-state index contributed by atoms with van der Waals surface area (Å²) in [5.74, 6) is -0.789. The molecule has 2 N–H and O–H groups in total. The highest BCUT2D eigenvalue weighted by Gasteiger charge is 2.31. The third kappa shape index (κ3) is 11.8. The van der Waals surface area contributed by atoms with Gasteiger partial charge < -0.3 is 20.3 Å². The largest absolute Gasteiger partial charge is 0.573 e. The molecule has 41 heavy (non-hydrogen) atoms. The number of aromatic nitrogens is 4. The van der Waals surface area contributed by atoms with Crippen LogP contribution in [-0.2, 0) is 24.1 Å². The molecular formula is C27H34F3N7O3S. The van der Waals surface area contributed by atoms with E-state index in [9.17, 15) is 22.8 Å². The van der Waals surface area contributed by atoms with E-state index in [-0.39, 0.29) is 23.9 Å². The molecule has 10 nitrogen and oxygen atoms in total. The third-order valence-electron chi connectivity index (χ3n) is 5.92. The smallest absolute Gasteiger partial charge is 0.406 e.